The van der Waals surface area contributed by atoms with E-state index >= 15 is 0 Å². The molecule has 0 aliphatic heterocycles. The highest BCUT2D eigenvalue weighted by molar-refractivity contribution is 5.50. The molecule has 1 unspecified atom stereocenters. The van der Waals surface area contributed by atoms with Crippen molar-refractivity contribution in [3.63, 3.8) is 0 Å². The van der Waals surface area contributed by atoms with Crippen molar-refractivity contribution in [1.82, 2.24) is 0 Å². The number of carbonyl (C=O) groups is 1. The van der Waals surface area contributed by atoms with Gasteiger partial charge in [-0.2, -0.15) is 0 Å². The monoisotopic (exact) mass is 112 g/mol. The van der Waals surface area contributed by atoms with E-state index in [-0.39, 0.29) is 0 Å². The van der Waals surface area contributed by atoms with Gasteiger partial charge in [-0.05, 0) is 12.8 Å². The van der Waals surface area contributed by atoms with Gasteiger partial charge in [-0.15, -0.1) is 0 Å². The summed E-state index contributed by atoms with van der Waals surface area (Å²) in [5, 5.41) is 0. The fraction of sp³-hybridized carbons (Fsp3) is 0.571. The Morgan fingerprint density at radius 1 is 1.62 bits per heavy atom. The molecule has 0 spiro atoms. The minimum atomic E-state index is 0.414. The lowest BCUT2D eigenvalue weighted by atomic mass is 10.1. The lowest BCUT2D eigenvalue weighted by Gasteiger charge is -1.94. The summed E-state index contributed by atoms with van der Waals surface area (Å²) in [7, 11) is 0. The van der Waals surface area contributed by atoms with Crippen molar-refractivity contribution in [2.24, 2.45) is 5.92 Å². The van der Waals surface area contributed by atoms with Gasteiger partial charge in [0.2, 0.25) is 0 Å². The number of hydrogen-bond acceptors (Lipinski definition) is 1. The predicted octanol–water partition coefficient (Wildman–Crippen LogP) is 1.79. The van der Waals surface area contributed by atoms with Crippen LogP contribution in [0, 0.1) is 5.92 Å². The molecule has 1 nitrogen and oxygen atoms in total. The van der Waals surface area contributed by atoms with Gasteiger partial charge in [0.05, 0.1) is 0 Å². The summed E-state index contributed by atoms with van der Waals surface area (Å²) < 4.78 is 0. The molecule has 0 fully saturated rings. The van der Waals surface area contributed by atoms with Crippen molar-refractivity contribution in [3.8, 4) is 0 Å². The van der Waals surface area contributed by atoms with Gasteiger partial charge in [-0.3, -0.25) is 0 Å². The molecule has 0 saturated heterocycles. The SMILES string of the molecule is CC=CC(C)CC=O. The Kier molecular flexibility index (Phi) is 4.23. The molecule has 1 atom stereocenters. The zero-order chi connectivity index (χ0) is 6.41. The molecular formula is C7H12O. The van der Waals surface area contributed by atoms with Crippen LogP contribution >= 0.6 is 0 Å². The van der Waals surface area contributed by atoms with E-state index in [4.69, 9.17) is 0 Å². The smallest absolute Gasteiger partial charge is 0.120 e. The average molecular weight is 112 g/mol. The third-order valence-corrected chi connectivity index (χ3v) is 0.989. The Morgan fingerprint density at radius 2 is 2.25 bits per heavy atom. The lowest BCUT2D eigenvalue weighted by Crippen LogP contribution is -1.88. The van der Waals surface area contributed by atoms with Crippen LogP contribution in [0.15, 0.2) is 12.2 Å². The normalized spacial score (nSPS) is 14.2. The molecule has 0 heterocycles. The van der Waals surface area contributed by atoms with Crippen LogP contribution < -0.4 is 0 Å². The lowest BCUT2D eigenvalue weighted by molar-refractivity contribution is -0.108. The largest absolute Gasteiger partial charge is 0.303 e. The van der Waals surface area contributed by atoms with Gasteiger partial charge in [0.15, 0.2) is 0 Å². The maximum Gasteiger partial charge on any atom is 0.120 e. The first kappa shape index (κ1) is 7.41. The van der Waals surface area contributed by atoms with Crippen LogP contribution in [-0.4, -0.2) is 6.29 Å². The molecule has 46 valence electrons. The maximum absolute atomic E-state index is 9.86. The van der Waals surface area contributed by atoms with Gasteiger partial charge in [0, 0.05) is 6.42 Å². The third-order valence-electron chi connectivity index (χ3n) is 0.989. The second kappa shape index (κ2) is 4.57. The molecule has 0 aliphatic carbocycles. The van der Waals surface area contributed by atoms with E-state index in [1.165, 1.54) is 0 Å². The molecule has 1 heteroatoms. The first-order valence-electron chi connectivity index (χ1n) is 2.87. The number of hydrogen-bond donors (Lipinski definition) is 0. The fourth-order valence-electron chi connectivity index (χ4n) is 0.559. The molecule has 0 aliphatic rings. The molecule has 0 rings (SSSR count). The first-order valence-corrected chi connectivity index (χ1v) is 2.87. The average Bonchev–Trinajstić information content (AvgIpc) is 1.68. The second-order valence-electron chi connectivity index (χ2n) is 1.91. The summed E-state index contributed by atoms with van der Waals surface area (Å²) in [6.45, 7) is 3.98. The molecule has 0 saturated carbocycles. The van der Waals surface area contributed by atoms with Crippen LogP contribution in [-0.2, 0) is 4.79 Å². The highest BCUT2D eigenvalue weighted by Gasteiger charge is 1.90. The predicted molar refractivity (Wildman–Crippen MR) is 34.7 cm³/mol. The summed E-state index contributed by atoms with van der Waals surface area (Å²) in [6, 6.07) is 0. The topological polar surface area (TPSA) is 17.1 Å². The first-order chi connectivity index (χ1) is 3.81. The van der Waals surface area contributed by atoms with Crippen LogP contribution in [0.4, 0.5) is 0 Å². The zero-order valence-corrected chi connectivity index (χ0v) is 5.42. The van der Waals surface area contributed by atoms with Crippen molar-refractivity contribution >= 4 is 6.29 Å². The minimum absolute atomic E-state index is 0.414. The Balaban J connectivity index is 3.31. The Morgan fingerprint density at radius 3 is 2.62 bits per heavy atom. The quantitative estimate of drug-likeness (QED) is 0.402. The third kappa shape index (κ3) is 3.59. The van der Waals surface area contributed by atoms with Crippen molar-refractivity contribution in [1.29, 1.82) is 0 Å². The highest BCUT2D eigenvalue weighted by atomic mass is 16.1. The summed E-state index contributed by atoms with van der Waals surface area (Å²) >= 11 is 0. The molecule has 8 heavy (non-hydrogen) atoms. The standard InChI is InChI=1S/C7H12O/c1-3-4-7(2)5-6-8/h3-4,6-7H,5H2,1-2H3. The van der Waals surface area contributed by atoms with E-state index in [2.05, 4.69) is 0 Å². The van der Waals surface area contributed by atoms with E-state index in [0.717, 1.165) is 6.29 Å². The second-order valence-corrected chi connectivity index (χ2v) is 1.91. The van der Waals surface area contributed by atoms with Crippen LogP contribution in [0.2, 0.25) is 0 Å². The molecular weight excluding hydrogens is 100 g/mol. The number of aldehydes is 1. The van der Waals surface area contributed by atoms with Crippen molar-refractivity contribution in [2.45, 2.75) is 20.3 Å². The summed E-state index contributed by atoms with van der Waals surface area (Å²) in [5.41, 5.74) is 0. The Labute approximate surface area is 50.4 Å². The Hall–Kier alpha value is -0.590. The highest BCUT2D eigenvalue weighted by Crippen LogP contribution is 1.99. The van der Waals surface area contributed by atoms with Crippen LogP contribution in [0.5, 0.6) is 0 Å². The number of carbonyl (C=O) groups excluding carboxylic acids is 1. The molecule has 0 N–H and O–H groups in total. The van der Waals surface area contributed by atoms with Crippen molar-refractivity contribution in [3.05, 3.63) is 12.2 Å². The summed E-state index contributed by atoms with van der Waals surface area (Å²) in [6.07, 6.45) is 5.58. The van der Waals surface area contributed by atoms with E-state index in [9.17, 15) is 4.79 Å². The fourth-order valence-corrected chi connectivity index (χ4v) is 0.559. The number of rotatable bonds is 3. The number of allylic oxidation sites excluding steroid dienone is 2. The van der Waals surface area contributed by atoms with Gasteiger partial charge in [-0.25, -0.2) is 0 Å². The molecule has 0 aromatic rings. The molecule has 0 bridgehead atoms. The van der Waals surface area contributed by atoms with Gasteiger partial charge < -0.3 is 4.79 Å². The van der Waals surface area contributed by atoms with Crippen LogP contribution in [0.1, 0.15) is 20.3 Å². The molecule has 0 aromatic carbocycles. The molecule has 0 amide bonds. The van der Waals surface area contributed by atoms with E-state index in [1.807, 2.05) is 26.0 Å². The Bertz CT molecular complexity index is 84.4. The minimum Gasteiger partial charge on any atom is -0.303 e. The van der Waals surface area contributed by atoms with E-state index in [1.54, 1.807) is 0 Å². The van der Waals surface area contributed by atoms with Crippen molar-refractivity contribution < 1.29 is 4.79 Å². The summed E-state index contributed by atoms with van der Waals surface area (Å²) in [5.74, 6) is 0.414. The van der Waals surface area contributed by atoms with Crippen LogP contribution in [0.25, 0.3) is 0 Å². The maximum atomic E-state index is 9.86. The van der Waals surface area contributed by atoms with E-state index in [0.29, 0.717) is 12.3 Å². The van der Waals surface area contributed by atoms with Gasteiger partial charge in [0.25, 0.3) is 0 Å². The van der Waals surface area contributed by atoms with Gasteiger partial charge in [0.1, 0.15) is 6.29 Å². The van der Waals surface area contributed by atoms with Gasteiger partial charge >= 0.3 is 0 Å². The van der Waals surface area contributed by atoms with E-state index < -0.39 is 0 Å². The molecule has 0 aromatic heterocycles. The van der Waals surface area contributed by atoms with Crippen LogP contribution in [0.3, 0.4) is 0 Å². The van der Waals surface area contributed by atoms with Gasteiger partial charge in [-0.1, -0.05) is 19.1 Å². The van der Waals surface area contributed by atoms with Crippen molar-refractivity contribution in [2.75, 3.05) is 0 Å². The molecule has 0 radical (unpaired) electrons. The summed E-state index contributed by atoms with van der Waals surface area (Å²) in [4.78, 5) is 9.86. The zero-order valence-electron chi connectivity index (χ0n) is 5.42.